The van der Waals surface area contributed by atoms with Crippen molar-refractivity contribution >= 4 is 44.8 Å². The van der Waals surface area contributed by atoms with Gasteiger partial charge in [-0.15, -0.1) is 0 Å². The van der Waals surface area contributed by atoms with E-state index in [1.807, 2.05) is 0 Å². The van der Waals surface area contributed by atoms with Gasteiger partial charge >= 0.3 is 6.09 Å². The number of aromatic nitrogens is 1. The summed E-state index contributed by atoms with van der Waals surface area (Å²) in [6.45, 7) is 0.287. The first kappa shape index (κ1) is 15.0. The smallest absolute Gasteiger partial charge is 0.408 e. The molecule has 1 aromatic heterocycles. The van der Waals surface area contributed by atoms with E-state index in [0.717, 1.165) is 9.21 Å². The maximum Gasteiger partial charge on any atom is 0.408 e. The summed E-state index contributed by atoms with van der Waals surface area (Å²) in [5.41, 5.74) is 5.86. The Morgan fingerprint density at radius 2 is 2.40 bits per heavy atom. The van der Waals surface area contributed by atoms with Crippen molar-refractivity contribution in [2.45, 2.75) is 19.0 Å². The van der Waals surface area contributed by atoms with Gasteiger partial charge in [0.05, 0.1) is 5.69 Å². The number of hydrogen-bond acceptors (Lipinski definition) is 5. The summed E-state index contributed by atoms with van der Waals surface area (Å²) in [6.07, 6.45) is 0.473. The number of nitrogen functional groups attached to an aromatic ring is 1. The van der Waals surface area contributed by atoms with Gasteiger partial charge in [0, 0.05) is 28.5 Å². The third-order valence-corrected chi connectivity index (χ3v) is 4.19. The number of rotatable bonds is 3. The lowest BCUT2D eigenvalue weighted by molar-refractivity contribution is 0.142. The number of nitrogens with two attached hydrogens (primary N) is 1. The summed E-state index contributed by atoms with van der Waals surface area (Å²) in [5.74, 6) is 0.0228. The van der Waals surface area contributed by atoms with Crippen LogP contribution >= 0.6 is 15.9 Å². The summed E-state index contributed by atoms with van der Waals surface area (Å²) in [6, 6.07) is 1.50. The van der Waals surface area contributed by atoms with Gasteiger partial charge in [0.25, 0.3) is 0 Å². The molecule has 1 aliphatic heterocycles. The van der Waals surface area contributed by atoms with Crippen LogP contribution < -0.4 is 10.0 Å². The second kappa shape index (κ2) is 5.94. The monoisotopic (exact) mass is 363 g/mol. The highest BCUT2D eigenvalue weighted by Gasteiger charge is 2.35. The number of pyridine rings is 1. The Bertz CT molecular complexity index is 558. The van der Waals surface area contributed by atoms with Crippen molar-refractivity contribution in [1.29, 1.82) is 0 Å². The van der Waals surface area contributed by atoms with E-state index < -0.39 is 23.5 Å². The normalized spacial score (nSPS) is 19.9. The van der Waals surface area contributed by atoms with Gasteiger partial charge in [-0.2, -0.15) is 0 Å². The highest BCUT2D eigenvalue weighted by molar-refractivity contribution is 9.10. The Morgan fingerprint density at radius 3 is 3.00 bits per heavy atom. The molecule has 3 N–H and O–H groups in total. The van der Waals surface area contributed by atoms with Crippen LogP contribution in [0.4, 0.5) is 16.3 Å². The molecule has 2 rings (SSSR count). The molecule has 1 fully saturated rings. The fraction of sp³-hybridized carbons (Fsp3) is 0.400. The average molecular weight is 364 g/mol. The van der Waals surface area contributed by atoms with Crippen molar-refractivity contribution in [3.8, 4) is 0 Å². The molecule has 2 atom stereocenters. The number of anilines is 2. The molecule has 1 aromatic rings. The Balaban J connectivity index is 2.43. The van der Waals surface area contributed by atoms with Crippen molar-refractivity contribution in [3.05, 3.63) is 16.7 Å². The molecule has 1 aliphatic rings. The molecular weight excluding hydrogens is 352 g/mol. The molecule has 0 saturated carbocycles. The van der Waals surface area contributed by atoms with Crippen molar-refractivity contribution in [2.24, 2.45) is 0 Å². The number of nitrogens with zero attached hydrogens (tertiary/aromatic N) is 3. The number of carbonyl (C=O) groups is 1. The summed E-state index contributed by atoms with van der Waals surface area (Å²) in [5, 5.41) is 9.13. The Morgan fingerprint density at radius 1 is 1.70 bits per heavy atom. The van der Waals surface area contributed by atoms with Crippen molar-refractivity contribution in [3.63, 3.8) is 0 Å². The van der Waals surface area contributed by atoms with Crippen LogP contribution in [-0.2, 0) is 11.3 Å². The van der Waals surface area contributed by atoms with Gasteiger partial charge in [-0.05, 0) is 34.8 Å². The summed E-state index contributed by atoms with van der Waals surface area (Å²) in [7, 11) is 0. The molecule has 10 heteroatoms. The van der Waals surface area contributed by atoms with Crippen LogP contribution in [0.25, 0.3) is 0 Å². The van der Waals surface area contributed by atoms with Crippen molar-refractivity contribution in [1.82, 2.24) is 9.88 Å². The highest BCUT2D eigenvalue weighted by atomic mass is 79.9. The minimum absolute atomic E-state index is 0.0228. The Kier molecular flexibility index (Phi) is 4.45. The Labute approximate surface area is 126 Å². The summed E-state index contributed by atoms with van der Waals surface area (Å²) < 4.78 is 24.6. The minimum atomic E-state index is -2.66. The molecule has 110 valence electrons. The topological polar surface area (TPSA) is 123 Å². The molecule has 0 bridgehead atoms. The SMILES string of the molecule is Nc1ncc(Br)cc1N(C1CCCN1C(=O)O)S(=O)[O-]. The van der Waals surface area contributed by atoms with E-state index in [-0.39, 0.29) is 18.1 Å². The van der Waals surface area contributed by atoms with Crippen LogP contribution in [0.2, 0.25) is 0 Å². The first-order valence-corrected chi connectivity index (χ1v) is 7.53. The molecule has 2 unspecified atom stereocenters. The second-order valence-corrected chi connectivity index (χ2v) is 5.94. The molecule has 0 spiro atoms. The predicted octanol–water partition coefficient (Wildman–Crippen LogP) is 1.13. The number of likely N-dealkylation sites (tertiary alicyclic amines) is 1. The van der Waals surface area contributed by atoms with E-state index in [9.17, 15) is 13.6 Å². The van der Waals surface area contributed by atoms with Crippen LogP contribution in [-0.4, -0.2) is 42.6 Å². The van der Waals surface area contributed by atoms with E-state index in [1.54, 1.807) is 0 Å². The molecular formula is C10H12BrN4O4S-. The first-order valence-electron chi connectivity index (χ1n) is 5.71. The van der Waals surface area contributed by atoms with E-state index in [0.29, 0.717) is 17.3 Å². The maximum absolute atomic E-state index is 11.5. The molecule has 0 radical (unpaired) electrons. The van der Waals surface area contributed by atoms with Crippen molar-refractivity contribution < 1.29 is 18.7 Å². The Hall–Kier alpha value is -1.39. The first-order chi connectivity index (χ1) is 9.41. The fourth-order valence-corrected chi connectivity index (χ4v) is 3.22. The lowest BCUT2D eigenvalue weighted by Gasteiger charge is -2.36. The van der Waals surface area contributed by atoms with Crippen LogP contribution in [0.15, 0.2) is 16.7 Å². The quantitative estimate of drug-likeness (QED) is 0.775. The molecule has 2 heterocycles. The fourth-order valence-electron chi connectivity index (χ4n) is 2.17. The largest absolute Gasteiger partial charge is 0.755 e. The highest BCUT2D eigenvalue weighted by Crippen LogP contribution is 2.32. The zero-order valence-electron chi connectivity index (χ0n) is 10.2. The van der Waals surface area contributed by atoms with E-state index >= 15 is 0 Å². The van der Waals surface area contributed by atoms with Gasteiger partial charge in [-0.1, -0.05) is 0 Å². The zero-order chi connectivity index (χ0) is 14.9. The van der Waals surface area contributed by atoms with Crippen molar-refractivity contribution in [2.75, 3.05) is 16.6 Å². The lowest BCUT2D eigenvalue weighted by Crippen LogP contribution is -2.48. The van der Waals surface area contributed by atoms with Gasteiger partial charge < -0.3 is 15.4 Å². The number of halogens is 1. The van der Waals surface area contributed by atoms with Crippen LogP contribution in [0.5, 0.6) is 0 Å². The average Bonchev–Trinajstić information content (AvgIpc) is 2.82. The van der Waals surface area contributed by atoms with Crippen LogP contribution in [0.3, 0.4) is 0 Å². The third kappa shape index (κ3) is 2.86. The van der Waals surface area contributed by atoms with Gasteiger partial charge in [0.2, 0.25) is 0 Å². The molecule has 0 aliphatic carbocycles. The number of amides is 1. The van der Waals surface area contributed by atoms with E-state index in [1.165, 1.54) is 12.3 Å². The zero-order valence-corrected chi connectivity index (χ0v) is 12.6. The second-order valence-electron chi connectivity index (χ2n) is 4.20. The van der Waals surface area contributed by atoms with Gasteiger partial charge in [-0.25, -0.2) is 9.78 Å². The maximum atomic E-state index is 11.5. The molecule has 0 aromatic carbocycles. The number of carboxylic acid groups (broad SMARTS) is 1. The van der Waals surface area contributed by atoms with Gasteiger partial charge in [-0.3, -0.25) is 13.4 Å². The lowest BCUT2D eigenvalue weighted by atomic mass is 10.3. The third-order valence-electron chi connectivity index (χ3n) is 3.00. The molecule has 8 nitrogen and oxygen atoms in total. The molecule has 1 saturated heterocycles. The standard InChI is InChI=1S/C10H13BrN4O4S/c11-6-4-7(9(12)13-5-6)15(20(18)19)8-2-1-3-14(8)10(16)17/h4-5,8H,1-3H2,(H2,12,13)(H,16,17)(H,18,19)/p-1. The number of hydrogen-bond donors (Lipinski definition) is 2. The minimum Gasteiger partial charge on any atom is -0.755 e. The van der Waals surface area contributed by atoms with Gasteiger partial charge in [0.15, 0.2) is 0 Å². The van der Waals surface area contributed by atoms with Crippen LogP contribution in [0, 0.1) is 0 Å². The van der Waals surface area contributed by atoms with E-state index in [4.69, 9.17) is 10.8 Å². The van der Waals surface area contributed by atoms with E-state index in [2.05, 4.69) is 20.9 Å². The van der Waals surface area contributed by atoms with Crippen LogP contribution in [0.1, 0.15) is 12.8 Å². The van der Waals surface area contributed by atoms with Gasteiger partial charge in [0.1, 0.15) is 12.0 Å². The summed E-state index contributed by atoms with van der Waals surface area (Å²) >= 11 is 0.528. The summed E-state index contributed by atoms with van der Waals surface area (Å²) in [4.78, 5) is 16.1. The predicted molar refractivity (Wildman–Crippen MR) is 75.5 cm³/mol. The molecule has 1 amide bonds. The molecule has 20 heavy (non-hydrogen) atoms.